The molecule has 1 unspecified atom stereocenters. The second-order valence-electron chi connectivity index (χ2n) is 4.21. The number of ether oxygens (including phenoxy) is 1. The van der Waals surface area contributed by atoms with E-state index in [1.807, 2.05) is 6.92 Å². The fourth-order valence-corrected chi connectivity index (χ4v) is 1.74. The standard InChI is InChI=1S/C14H20FNO3/c1-3-16(8-5-9-17)14(18)11(2)19-13-7-4-6-12(15)10-13/h4,6-7,10-11,17H,3,5,8-9H2,1-2H3. The van der Waals surface area contributed by atoms with E-state index in [1.54, 1.807) is 17.9 Å². The van der Waals surface area contributed by atoms with Crippen LogP contribution in [0.25, 0.3) is 0 Å². The summed E-state index contributed by atoms with van der Waals surface area (Å²) in [6, 6.07) is 5.70. The summed E-state index contributed by atoms with van der Waals surface area (Å²) in [5, 5.41) is 8.79. The zero-order chi connectivity index (χ0) is 14.3. The first-order valence-electron chi connectivity index (χ1n) is 6.40. The van der Waals surface area contributed by atoms with Gasteiger partial charge in [-0.25, -0.2) is 4.39 Å². The molecule has 106 valence electrons. The summed E-state index contributed by atoms with van der Waals surface area (Å²) in [6.45, 7) is 4.58. The molecule has 1 aromatic rings. The van der Waals surface area contributed by atoms with Gasteiger partial charge >= 0.3 is 0 Å². The Morgan fingerprint density at radius 3 is 2.84 bits per heavy atom. The molecule has 0 aliphatic heterocycles. The molecular formula is C14H20FNO3. The normalized spacial score (nSPS) is 12.0. The van der Waals surface area contributed by atoms with Crippen LogP contribution in [0.5, 0.6) is 5.75 Å². The Morgan fingerprint density at radius 2 is 2.26 bits per heavy atom. The van der Waals surface area contributed by atoms with Gasteiger partial charge in [-0.05, 0) is 32.4 Å². The van der Waals surface area contributed by atoms with E-state index in [9.17, 15) is 9.18 Å². The molecule has 19 heavy (non-hydrogen) atoms. The summed E-state index contributed by atoms with van der Waals surface area (Å²) in [4.78, 5) is 13.7. The lowest BCUT2D eigenvalue weighted by Gasteiger charge is -2.24. The van der Waals surface area contributed by atoms with Crippen LogP contribution in [0.2, 0.25) is 0 Å². The molecular weight excluding hydrogens is 249 g/mol. The van der Waals surface area contributed by atoms with Gasteiger partial charge in [-0.1, -0.05) is 6.07 Å². The highest BCUT2D eigenvalue weighted by atomic mass is 19.1. The molecule has 1 atom stereocenters. The number of amides is 1. The Kier molecular flexibility index (Phi) is 6.29. The molecule has 1 aromatic carbocycles. The van der Waals surface area contributed by atoms with Crippen molar-refractivity contribution >= 4 is 5.91 Å². The van der Waals surface area contributed by atoms with E-state index in [4.69, 9.17) is 9.84 Å². The Labute approximate surface area is 112 Å². The van der Waals surface area contributed by atoms with Gasteiger partial charge in [-0.15, -0.1) is 0 Å². The van der Waals surface area contributed by atoms with Crippen LogP contribution >= 0.6 is 0 Å². The topological polar surface area (TPSA) is 49.8 Å². The largest absolute Gasteiger partial charge is 0.481 e. The summed E-state index contributed by atoms with van der Waals surface area (Å²) in [7, 11) is 0. The zero-order valence-corrected chi connectivity index (χ0v) is 11.3. The Morgan fingerprint density at radius 1 is 1.53 bits per heavy atom. The van der Waals surface area contributed by atoms with E-state index in [0.717, 1.165) is 0 Å². The Hall–Kier alpha value is -1.62. The quantitative estimate of drug-likeness (QED) is 0.821. The van der Waals surface area contributed by atoms with Crippen LogP contribution in [0, 0.1) is 5.82 Å². The molecule has 1 rings (SSSR count). The van der Waals surface area contributed by atoms with E-state index in [1.165, 1.54) is 18.2 Å². The van der Waals surface area contributed by atoms with Gasteiger partial charge in [0.1, 0.15) is 11.6 Å². The lowest BCUT2D eigenvalue weighted by atomic mass is 10.3. The van der Waals surface area contributed by atoms with Gasteiger partial charge < -0.3 is 14.7 Å². The average molecular weight is 269 g/mol. The third kappa shape index (κ3) is 4.87. The smallest absolute Gasteiger partial charge is 0.263 e. The number of likely N-dealkylation sites (N-methyl/N-ethyl adjacent to an activating group) is 1. The van der Waals surface area contributed by atoms with Crippen molar-refractivity contribution in [2.75, 3.05) is 19.7 Å². The SMILES string of the molecule is CCN(CCCO)C(=O)C(C)Oc1cccc(F)c1. The van der Waals surface area contributed by atoms with Gasteiger partial charge in [0, 0.05) is 25.8 Å². The minimum absolute atomic E-state index is 0.0446. The molecule has 0 bridgehead atoms. The fraction of sp³-hybridized carbons (Fsp3) is 0.500. The number of benzene rings is 1. The van der Waals surface area contributed by atoms with Crippen molar-refractivity contribution in [3.05, 3.63) is 30.1 Å². The van der Waals surface area contributed by atoms with Gasteiger partial charge in [0.2, 0.25) is 0 Å². The summed E-state index contributed by atoms with van der Waals surface area (Å²) in [5.74, 6) is -0.232. The van der Waals surface area contributed by atoms with Gasteiger partial charge in [0.15, 0.2) is 6.10 Å². The van der Waals surface area contributed by atoms with Gasteiger partial charge in [0.25, 0.3) is 5.91 Å². The summed E-state index contributed by atoms with van der Waals surface area (Å²) < 4.78 is 18.4. The van der Waals surface area contributed by atoms with Gasteiger partial charge in [-0.3, -0.25) is 4.79 Å². The van der Waals surface area contributed by atoms with Crippen LogP contribution in [0.15, 0.2) is 24.3 Å². The lowest BCUT2D eigenvalue weighted by Crippen LogP contribution is -2.41. The first-order chi connectivity index (χ1) is 9.08. The molecule has 0 aliphatic rings. The van der Waals surface area contributed by atoms with Crippen LogP contribution in [0.1, 0.15) is 20.3 Å². The second kappa shape index (κ2) is 7.74. The monoisotopic (exact) mass is 269 g/mol. The van der Waals surface area contributed by atoms with Crippen LogP contribution in [-0.4, -0.2) is 41.7 Å². The molecule has 0 aliphatic carbocycles. The predicted molar refractivity (Wildman–Crippen MR) is 70.4 cm³/mol. The summed E-state index contributed by atoms with van der Waals surface area (Å²) >= 11 is 0. The van der Waals surface area contributed by atoms with E-state index >= 15 is 0 Å². The highest BCUT2D eigenvalue weighted by Gasteiger charge is 2.20. The Balaban J connectivity index is 2.60. The fourth-order valence-electron chi connectivity index (χ4n) is 1.74. The molecule has 0 saturated heterocycles. The maximum atomic E-state index is 13.0. The third-order valence-electron chi connectivity index (χ3n) is 2.74. The maximum absolute atomic E-state index is 13.0. The van der Waals surface area contributed by atoms with E-state index in [0.29, 0.717) is 25.3 Å². The van der Waals surface area contributed by atoms with Crippen molar-refractivity contribution in [2.45, 2.75) is 26.4 Å². The lowest BCUT2D eigenvalue weighted by molar-refractivity contribution is -0.137. The third-order valence-corrected chi connectivity index (χ3v) is 2.74. The van der Waals surface area contributed by atoms with Crippen molar-refractivity contribution in [1.82, 2.24) is 4.90 Å². The molecule has 5 heteroatoms. The number of nitrogens with zero attached hydrogens (tertiary/aromatic N) is 1. The van der Waals surface area contributed by atoms with Gasteiger partial charge in [0.05, 0.1) is 0 Å². The molecule has 1 N–H and O–H groups in total. The number of carbonyl (C=O) groups excluding carboxylic acids is 1. The zero-order valence-electron chi connectivity index (χ0n) is 11.3. The number of aliphatic hydroxyl groups is 1. The van der Waals surface area contributed by atoms with E-state index in [2.05, 4.69) is 0 Å². The Bertz CT molecular complexity index is 411. The summed E-state index contributed by atoms with van der Waals surface area (Å²) in [5.41, 5.74) is 0. The molecule has 0 fully saturated rings. The highest BCUT2D eigenvalue weighted by Crippen LogP contribution is 2.14. The van der Waals surface area contributed by atoms with Crippen LogP contribution in [-0.2, 0) is 4.79 Å². The molecule has 4 nitrogen and oxygen atoms in total. The number of rotatable bonds is 7. The van der Waals surface area contributed by atoms with Gasteiger partial charge in [-0.2, -0.15) is 0 Å². The molecule has 0 radical (unpaired) electrons. The number of hydrogen-bond donors (Lipinski definition) is 1. The molecule has 0 aromatic heterocycles. The number of aliphatic hydroxyl groups excluding tert-OH is 1. The molecule has 0 heterocycles. The maximum Gasteiger partial charge on any atom is 0.263 e. The van der Waals surface area contributed by atoms with Crippen molar-refractivity contribution in [1.29, 1.82) is 0 Å². The predicted octanol–water partition coefficient (Wildman–Crippen LogP) is 1.82. The number of carbonyl (C=O) groups is 1. The van der Waals surface area contributed by atoms with Crippen molar-refractivity contribution < 1.29 is 19.0 Å². The second-order valence-corrected chi connectivity index (χ2v) is 4.21. The number of hydrogen-bond acceptors (Lipinski definition) is 3. The van der Waals surface area contributed by atoms with Crippen molar-refractivity contribution in [2.24, 2.45) is 0 Å². The van der Waals surface area contributed by atoms with Crippen LogP contribution in [0.4, 0.5) is 4.39 Å². The highest BCUT2D eigenvalue weighted by molar-refractivity contribution is 5.80. The number of halogens is 1. The molecule has 0 saturated carbocycles. The molecule has 1 amide bonds. The first kappa shape index (κ1) is 15.4. The van der Waals surface area contributed by atoms with Crippen LogP contribution in [0.3, 0.4) is 0 Å². The van der Waals surface area contributed by atoms with Crippen molar-refractivity contribution in [3.8, 4) is 5.75 Å². The van der Waals surface area contributed by atoms with E-state index < -0.39 is 11.9 Å². The minimum atomic E-state index is -0.680. The molecule has 0 spiro atoms. The first-order valence-corrected chi connectivity index (χ1v) is 6.40. The average Bonchev–Trinajstić information content (AvgIpc) is 2.39. The summed E-state index contributed by atoms with van der Waals surface area (Å²) in [6.07, 6.45) is -0.146. The van der Waals surface area contributed by atoms with E-state index in [-0.39, 0.29) is 12.5 Å². The van der Waals surface area contributed by atoms with Crippen molar-refractivity contribution in [3.63, 3.8) is 0 Å². The minimum Gasteiger partial charge on any atom is -0.481 e. The van der Waals surface area contributed by atoms with Crippen LogP contribution < -0.4 is 4.74 Å².